The van der Waals surface area contributed by atoms with Gasteiger partial charge in [0.25, 0.3) is 0 Å². The van der Waals surface area contributed by atoms with Crippen LogP contribution in [0.4, 0.5) is 10.5 Å². The summed E-state index contributed by atoms with van der Waals surface area (Å²) in [5.41, 5.74) is 0.598. The number of ether oxygens (including phenoxy) is 1. The van der Waals surface area contributed by atoms with Crippen LogP contribution in [0.3, 0.4) is 0 Å². The van der Waals surface area contributed by atoms with Crippen LogP contribution in [0.2, 0.25) is 0 Å². The first-order valence-corrected chi connectivity index (χ1v) is 5.54. The summed E-state index contributed by atoms with van der Waals surface area (Å²) in [6.07, 6.45) is 0. The Kier molecular flexibility index (Phi) is 2.33. The molecule has 2 aliphatic rings. The normalized spacial score (nSPS) is 27.9. The zero-order valence-corrected chi connectivity index (χ0v) is 9.13. The first kappa shape index (κ1) is 10.3. The number of nitrogens with one attached hydrogen (secondary N) is 1. The number of imide groups is 1. The van der Waals surface area contributed by atoms with E-state index in [1.807, 2.05) is 6.07 Å². The van der Waals surface area contributed by atoms with Gasteiger partial charge in [-0.1, -0.05) is 18.2 Å². The van der Waals surface area contributed by atoms with E-state index in [-0.39, 0.29) is 23.9 Å². The predicted octanol–water partition coefficient (Wildman–Crippen LogP) is 0.758. The summed E-state index contributed by atoms with van der Waals surface area (Å²) in [6.45, 7) is 0.803. The summed E-state index contributed by atoms with van der Waals surface area (Å²) in [7, 11) is 0. The number of amides is 3. The Balaban J connectivity index is 1.94. The fraction of sp³-hybridized carbons (Fsp3) is 0.333. The molecule has 3 amide bonds. The molecule has 2 aliphatic heterocycles. The van der Waals surface area contributed by atoms with E-state index in [0.29, 0.717) is 18.9 Å². The van der Waals surface area contributed by atoms with Crippen molar-refractivity contribution in [3.63, 3.8) is 0 Å². The maximum atomic E-state index is 12.2. The summed E-state index contributed by atoms with van der Waals surface area (Å²) in [4.78, 5) is 25.3. The number of hydrogen-bond donors (Lipinski definition) is 1. The van der Waals surface area contributed by atoms with Crippen LogP contribution in [0, 0.1) is 5.92 Å². The molecule has 0 bridgehead atoms. The van der Waals surface area contributed by atoms with Crippen molar-refractivity contribution in [2.75, 3.05) is 18.1 Å². The lowest BCUT2D eigenvalue weighted by Crippen LogP contribution is -2.59. The smallest absolute Gasteiger partial charge is 0.329 e. The van der Waals surface area contributed by atoms with Crippen molar-refractivity contribution in [2.45, 2.75) is 6.04 Å². The van der Waals surface area contributed by atoms with Crippen LogP contribution >= 0.6 is 0 Å². The molecule has 5 heteroatoms. The number of carbonyl (C=O) groups excluding carboxylic acids is 2. The Morgan fingerprint density at radius 3 is 2.71 bits per heavy atom. The molecule has 88 valence electrons. The van der Waals surface area contributed by atoms with E-state index in [1.54, 1.807) is 24.3 Å². The first-order chi connectivity index (χ1) is 8.27. The van der Waals surface area contributed by atoms with Gasteiger partial charge in [-0.15, -0.1) is 0 Å². The third-order valence-electron chi connectivity index (χ3n) is 3.14. The van der Waals surface area contributed by atoms with Crippen molar-refractivity contribution in [2.24, 2.45) is 5.92 Å². The second kappa shape index (κ2) is 3.85. The Hall–Kier alpha value is -1.88. The summed E-state index contributed by atoms with van der Waals surface area (Å²) >= 11 is 0. The maximum Gasteiger partial charge on any atom is 0.329 e. The molecule has 0 radical (unpaired) electrons. The summed E-state index contributed by atoms with van der Waals surface area (Å²) in [5, 5.41) is 2.80. The Bertz CT molecular complexity index is 460. The van der Waals surface area contributed by atoms with Gasteiger partial charge < -0.3 is 10.1 Å². The highest BCUT2D eigenvalue weighted by Crippen LogP contribution is 2.25. The molecule has 3 rings (SSSR count). The average Bonchev–Trinajstić information content (AvgIpc) is 2.78. The van der Waals surface area contributed by atoms with Crippen LogP contribution in [-0.4, -0.2) is 31.2 Å². The van der Waals surface area contributed by atoms with E-state index in [1.165, 1.54) is 4.90 Å². The zero-order chi connectivity index (χ0) is 11.8. The number of para-hydroxylation sites is 1. The van der Waals surface area contributed by atoms with E-state index in [2.05, 4.69) is 5.32 Å². The SMILES string of the molecule is O=C1NC2COCC2C(=O)N1c1ccccc1. The summed E-state index contributed by atoms with van der Waals surface area (Å²) in [6, 6.07) is 8.39. The molecule has 0 saturated carbocycles. The van der Waals surface area contributed by atoms with Gasteiger partial charge >= 0.3 is 6.03 Å². The number of hydrogen-bond acceptors (Lipinski definition) is 3. The lowest BCUT2D eigenvalue weighted by Gasteiger charge is -2.32. The number of benzene rings is 1. The fourth-order valence-corrected chi connectivity index (χ4v) is 2.25. The number of nitrogens with zero attached hydrogens (tertiary/aromatic N) is 1. The van der Waals surface area contributed by atoms with Gasteiger partial charge in [0.2, 0.25) is 5.91 Å². The Morgan fingerprint density at radius 1 is 1.18 bits per heavy atom. The van der Waals surface area contributed by atoms with Crippen molar-refractivity contribution < 1.29 is 14.3 Å². The molecule has 1 aromatic rings. The second-order valence-electron chi connectivity index (χ2n) is 4.21. The van der Waals surface area contributed by atoms with Crippen LogP contribution in [-0.2, 0) is 9.53 Å². The van der Waals surface area contributed by atoms with Gasteiger partial charge in [0.1, 0.15) is 0 Å². The molecule has 17 heavy (non-hydrogen) atoms. The molecule has 2 heterocycles. The molecule has 0 spiro atoms. The quantitative estimate of drug-likeness (QED) is 0.777. The number of urea groups is 1. The van der Waals surface area contributed by atoms with E-state index in [9.17, 15) is 9.59 Å². The lowest BCUT2D eigenvalue weighted by molar-refractivity contribution is -0.122. The first-order valence-electron chi connectivity index (χ1n) is 5.54. The maximum absolute atomic E-state index is 12.2. The van der Waals surface area contributed by atoms with Gasteiger partial charge in [0, 0.05) is 0 Å². The average molecular weight is 232 g/mol. The van der Waals surface area contributed by atoms with E-state index >= 15 is 0 Å². The molecule has 2 atom stereocenters. The van der Waals surface area contributed by atoms with Crippen molar-refractivity contribution in [3.8, 4) is 0 Å². The van der Waals surface area contributed by atoms with Crippen molar-refractivity contribution in [1.82, 2.24) is 5.32 Å². The molecule has 0 aliphatic carbocycles. The second-order valence-corrected chi connectivity index (χ2v) is 4.21. The van der Waals surface area contributed by atoms with E-state index in [0.717, 1.165) is 0 Å². The minimum Gasteiger partial charge on any atom is -0.378 e. The van der Waals surface area contributed by atoms with Crippen molar-refractivity contribution in [3.05, 3.63) is 30.3 Å². The third kappa shape index (κ3) is 1.59. The highest BCUT2D eigenvalue weighted by Gasteiger charge is 2.44. The molecule has 5 nitrogen and oxygen atoms in total. The lowest BCUT2D eigenvalue weighted by atomic mass is 9.99. The molecular weight excluding hydrogens is 220 g/mol. The van der Waals surface area contributed by atoms with Gasteiger partial charge in [0.05, 0.1) is 30.9 Å². The molecule has 1 N–H and O–H groups in total. The van der Waals surface area contributed by atoms with Crippen LogP contribution in [0.25, 0.3) is 0 Å². The van der Waals surface area contributed by atoms with Gasteiger partial charge in [0.15, 0.2) is 0 Å². The molecular formula is C12H12N2O3. The van der Waals surface area contributed by atoms with Gasteiger partial charge in [-0.25, -0.2) is 9.69 Å². The number of carbonyl (C=O) groups is 2. The van der Waals surface area contributed by atoms with Crippen molar-refractivity contribution >= 4 is 17.6 Å². The largest absolute Gasteiger partial charge is 0.378 e. The molecule has 2 unspecified atom stereocenters. The monoisotopic (exact) mass is 232 g/mol. The number of fused-ring (bicyclic) bond motifs is 1. The van der Waals surface area contributed by atoms with Gasteiger partial charge in [-0.2, -0.15) is 0 Å². The Labute approximate surface area is 98.4 Å². The minimum atomic E-state index is -0.368. The fourth-order valence-electron chi connectivity index (χ4n) is 2.25. The standard InChI is InChI=1S/C12H12N2O3/c15-11-9-6-17-7-10(9)13-12(16)14(11)8-4-2-1-3-5-8/h1-5,9-10H,6-7H2,(H,13,16). The molecule has 1 aromatic carbocycles. The summed E-state index contributed by atoms with van der Waals surface area (Å²) in [5.74, 6) is -0.435. The zero-order valence-electron chi connectivity index (χ0n) is 9.13. The highest BCUT2D eigenvalue weighted by atomic mass is 16.5. The van der Waals surface area contributed by atoms with E-state index < -0.39 is 0 Å². The van der Waals surface area contributed by atoms with Crippen LogP contribution < -0.4 is 10.2 Å². The number of rotatable bonds is 1. The van der Waals surface area contributed by atoms with E-state index in [4.69, 9.17) is 4.74 Å². The van der Waals surface area contributed by atoms with Crippen molar-refractivity contribution in [1.29, 1.82) is 0 Å². The molecule has 0 aromatic heterocycles. The molecule has 2 fully saturated rings. The third-order valence-corrected chi connectivity index (χ3v) is 3.14. The summed E-state index contributed by atoms with van der Waals surface area (Å²) < 4.78 is 5.23. The van der Waals surface area contributed by atoms with Crippen LogP contribution in [0.5, 0.6) is 0 Å². The molecule has 2 saturated heterocycles. The van der Waals surface area contributed by atoms with Crippen LogP contribution in [0.15, 0.2) is 30.3 Å². The minimum absolute atomic E-state index is 0.171. The number of anilines is 1. The van der Waals surface area contributed by atoms with Crippen LogP contribution in [0.1, 0.15) is 0 Å². The van der Waals surface area contributed by atoms with Gasteiger partial charge in [-0.05, 0) is 12.1 Å². The highest BCUT2D eigenvalue weighted by molar-refractivity contribution is 6.17. The van der Waals surface area contributed by atoms with Gasteiger partial charge in [-0.3, -0.25) is 4.79 Å². The predicted molar refractivity (Wildman–Crippen MR) is 60.6 cm³/mol. The topological polar surface area (TPSA) is 58.6 Å². The Morgan fingerprint density at radius 2 is 1.94 bits per heavy atom.